The Bertz CT molecular complexity index is 713. The van der Waals surface area contributed by atoms with E-state index < -0.39 is 12.1 Å². The maximum absolute atomic E-state index is 12.7. The third-order valence-electron chi connectivity index (χ3n) is 6.08. The van der Waals surface area contributed by atoms with Crippen molar-refractivity contribution in [3.8, 4) is 0 Å². The minimum Gasteiger partial charge on any atom is -0.453 e. The standard InChI is InChI=1S/C23H33N3O3/c1-3-18-7-6-8-20(15-18)17-25-13-10-19(11-14-25)16-24-22(27)21-9-4-5-12-26(21)23(28)29-2/h3,6-8,15,19,21H,1,4-5,9-14,16-17H2,2H3,(H,24,27). The van der Waals surface area contributed by atoms with Gasteiger partial charge in [-0.15, -0.1) is 0 Å². The number of rotatable bonds is 6. The van der Waals surface area contributed by atoms with Gasteiger partial charge in [-0.05, 0) is 62.2 Å². The maximum Gasteiger partial charge on any atom is 0.410 e. The lowest BCUT2D eigenvalue weighted by Crippen LogP contribution is -2.52. The number of carbonyl (C=O) groups excluding carboxylic acids is 2. The first kappa shape index (κ1) is 21.4. The minimum atomic E-state index is -0.404. The van der Waals surface area contributed by atoms with Gasteiger partial charge in [0.15, 0.2) is 0 Å². The number of hydrogen-bond acceptors (Lipinski definition) is 4. The lowest BCUT2D eigenvalue weighted by Gasteiger charge is -2.35. The highest BCUT2D eigenvalue weighted by Gasteiger charge is 2.33. The summed E-state index contributed by atoms with van der Waals surface area (Å²) in [5.41, 5.74) is 2.47. The van der Waals surface area contributed by atoms with Crippen LogP contribution < -0.4 is 5.32 Å². The van der Waals surface area contributed by atoms with E-state index in [1.54, 1.807) is 4.90 Å². The first-order valence-electron chi connectivity index (χ1n) is 10.7. The van der Waals surface area contributed by atoms with Crippen LogP contribution in [0.3, 0.4) is 0 Å². The number of amides is 2. The number of nitrogens with zero attached hydrogens (tertiary/aromatic N) is 2. The highest BCUT2D eigenvalue weighted by atomic mass is 16.5. The molecular weight excluding hydrogens is 366 g/mol. The lowest BCUT2D eigenvalue weighted by molar-refractivity contribution is -0.127. The van der Waals surface area contributed by atoms with Crippen molar-refractivity contribution in [3.05, 3.63) is 42.0 Å². The molecule has 0 radical (unpaired) electrons. The zero-order chi connectivity index (χ0) is 20.6. The average molecular weight is 400 g/mol. The molecule has 2 aliphatic rings. The summed E-state index contributed by atoms with van der Waals surface area (Å²) in [5.74, 6) is 0.448. The monoisotopic (exact) mass is 399 g/mol. The summed E-state index contributed by atoms with van der Waals surface area (Å²) in [5, 5.41) is 3.09. The van der Waals surface area contributed by atoms with E-state index in [9.17, 15) is 9.59 Å². The molecule has 0 aromatic heterocycles. The molecular formula is C23H33N3O3. The molecule has 1 aromatic carbocycles. The van der Waals surface area contributed by atoms with E-state index in [0.29, 0.717) is 25.4 Å². The lowest BCUT2D eigenvalue weighted by atomic mass is 9.95. The van der Waals surface area contributed by atoms with Gasteiger partial charge in [0.2, 0.25) is 5.91 Å². The average Bonchev–Trinajstić information content (AvgIpc) is 2.78. The van der Waals surface area contributed by atoms with Crippen molar-refractivity contribution in [1.29, 1.82) is 0 Å². The second-order valence-corrected chi connectivity index (χ2v) is 8.09. The fourth-order valence-electron chi connectivity index (χ4n) is 4.33. The number of nitrogens with one attached hydrogen (secondary N) is 1. The second kappa shape index (κ2) is 10.4. The van der Waals surface area contributed by atoms with Crippen molar-refractivity contribution in [2.75, 3.05) is 33.3 Å². The highest BCUT2D eigenvalue weighted by Crippen LogP contribution is 2.21. The third-order valence-corrected chi connectivity index (χ3v) is 6.08. The van der Waals surface area contributed by atoms with Crippen molar-refractivity contribution >= 4 is 18.1 Å². The van der Waals surface area contributed by atoms with Crippen LogP contribution in [0.1, 0.15) is 43.2 Å². The van der Waals surface area contributed by atoms with Gasteiger partial charge in [-0.1, -0.05) is 36.9 Å². The molecule has 6 nitrogen and oxygen atoms in total. The molecule has 1 aromatic rings. The van der Waals surface area contributed by atoms with Crippen LogP contribution in [0.15, 0.2) is 30.8 Å². The second-order valence-electron chi connectivity index (χ2n) is 8.09. The quantitative estimate of drug-likeness (QED) is 0.797. The van der Waals surface area contributed by atoms with Crippen molar-refractivity contribution in [2.24, 2.45) is 5.92 Å². The topological polar surface area (TPSA) is 61.9 Å². The summed E-state index contributed by atoms with van der Waals surface area (Å²) < 4.78 is 4.84. The number of ether oxygens (including phenoxy) is 1. The Hall–Kier alpha value is -2.34. The molecule has 158 valence electrons. The Kier molecular flexibility index (Phi) is 7.69. The molecule has 3 rings (SSSR count). The fraction of sp³-hybridized carbons (Fsp3) is 0.565. The summed E-state index contributed by atoms with van der Waals surface area (Å²) >= 11 is 0. The van der Waals surface area contributed by atoms with E-state index in [4.69, 9.17) is 4.74 Å². The molecule has 1 unspecified atom stereocenters. The molecule has 6 heteroatoms. The van der Waals surface area contributed by atoms with Gasteiger partial charge in [-0.2, -0.15) is 0 Å². The molecule has 2 saturated heterocycles. The summed E-state index contributed by atoms with van der Waals surface area (Å²) in [6.45, 7) is 8.15. The molecule has 0 saturated carbocycles. The number of carbonyl (C=O) groups is 2. The zero-order valence-electron chi connectivity index (χ0n) is 17.4. The van der Waals surface area contributed by atoms with Gasteiger partial charge in [0, 0.05) is 19.6 Å². The first-order chi connectivity index (χ1) is 14.1. The molecule has 0 aliphatic carbocycles. The van der Waals surface area contributed by atoms with Crippen molar-refractivity contribution in [3.63, 3.8) is 0 Å². The van der Waals surface area contributed by atoms with E-state index in [1.165, 1.54) is 12.7 Å². The van der Waals surface area contributed by atoms with E-state index in [-0.39, 0.29) is 5.91 Å². The van der Waals surface area contributed by atoms with Gasteiger partial charge in [0.25, 0.3) is 0 Å². The fourth-order valence-corrected chi connectivity index (χ4v) is 4.33. The molecule has 2 heterocycles. The Morgan fingerprint density at radius 3 is 2.72 bits per heavy atom. The van der Waals surface area contributed by atoms with Gasteiger partial charge >= 0.3 is 6.09 Å². The van der Waals surface area contributed by atoms with Crippen LogP contribution in [-0.2, 0) is 16.1 Å². The summed E-state index contributed by atoms with van der Waals surface area (Å²) in [6.07, 6.45) is 6.23. The van der Waals surface area contributed by atoms with Gasteiger partial charge in [-0.3, -0.25) is 14.6 Å². The molecule has 1 N–H and O–H groups in total. The first-order valence-corrected chi connectivity index (χ1v) is 10.7. The predicted octanol–water partition coefficient (Wildman–Crippen LogP) is 3.28. The zero-order valence-corrected chi connectivity index (χ0v) is 17.4. The predicted molar refractivity (Wildman–Crippen MR) is 114 cm³/mol. The SMILES string of the molecule is C=Cc1cccc(CN2CCC(CNC(=O)C3CCCCN3C(=O)OC)CC2)c1. The van der Waals surface area contributed by atoms with Crippen LogP contribution in [0, 0.1) is 5.92 Å². The number of likely N-dealkylation sites (tertiary alicyclic amines) is 2. The summed E-state index contributed by atoms with van der Waals surface area (Å²) in [6, 6.07) is 8.11. The maximum atomic E-state index is 12.7. The molecule has 2 amide bonds. The number of benzene rings is 1. The molecule has 1 atom stereocenters. The van der Waals surface area contributed by atoms with Crippen molar-refractivity contribution in [1.82, 2.24) is 15.1 Å². The molecule has 0 bridgehead atoms. The van der Waals surface area contributed by atoms with E-state index in [0.717, 1.165) is 50.9 Å². The van der Waals surface area contributed by atoms with Crippen LogP contribution >= 0.6 is 0 Å². The van der Waals surface area contributed by atoms with Crippen LogP contribution in [0.25, 0.3) is 6.08 Å². The highest BCUT2D eigenvalue weighted by molar-refractivity contribution is 5.85. The minimum absolute atomic E-state index is 0.0428. The van der Waals surface area contributed by atoms with Crippen LogP contribution in [-0.4, -0.2) is 61.1 Å². The Labute approximate surface area is 173 Å². The van der Waals surface area contributed by atoms with E-state index in [1.807, 2.05) is 6.08 Å². The molecule has 2 fully saturated rings. The van der Waals surface area contributed by atoms with Crippen LogP contribution in [0.2, 0.25) is 0 Å². The van der Waals surface area contributed by atoms with Crippen molar-refractivity contribution in [2.45, 2.75) is 44.7 Å². The normalized spacial score (nSPS) is 20.9. The van der Waals surface area contributed by atoms with Gasteiger partial charge in [-0.25, -0.2) is 4.79 Å². The number of piperidine rings is 2. The summed E-state index contributed by atoms with van der Waals surface area (Å²) in [4.78, 5) is 28.6. The Morgan fingerprint density at radius 2 is 2.00 bits per heavy atom. The molecule has 2 aliphatic heterocycles. The number of methoxy groups -OCH3 is 1. The molecule has 29 heavy (non-hydrogen) atoms. The Balaban J connectivity index is 1.42. The van der Waals surface area contributed by atoms with Gasteiger partial charge < -0.3 is 10.1 Å². The van der Waals surface area contributed by atoms with E-state index >= 15 is 0 Å². The van der Waals surface area contributed by atoms with Crippen molar-refractivity contribution < 1.29 is 14.3 Å². The molecule has 0 spiro atoms. The van der Waals surface area contributed by atoms with E-state index in [2.05, 4.69) is 41.1 Å². The van der Waals surface area contributed by atoms with Crippen LogP contribution in [0.5, 0.6) is 0 Å². The van der Waals surface area contributed by atoms with Gasteiger partial charge in [0.05, 0.1) is 7.11 Å². The number of hydrogen-bond donors (Lipinski definition) is 1. The third kappa shape index (κ3) is 5.82. The van der Waals surface area contributed by atoms with Crippen LogP contribution in [0.4, 0.5) is 4.79 Å². The summed E-state index contributed by atoms with van der Waals surface area (Å²) in [7, 11) is 1.37. The largest absolute Gasteiger partial charge is 0.453 e. The van der Waals surface area contributed by atoms with Gasteiger partial charge in [0.1, 0.15) is 6.04 Å². The smallest absolute Gasteiger partial charge is 0.410 e. The Morgan fingerprint density at radius 1 is 1.21 bits per heavy atom.